The topological polar surface area (TPSA) is 59.0 Å². The van der Waals surface area contributed by atoms with Crippen molar-refractivity contribution in [3.8, 4) is 5.75 Å². The van der Waals surface area contributed by atoms with E-state index < -0.39 is 0 Å². The van der Waals surface area contributed by atoms with Crippen LogP contribution in [0, 0.1) is 0 Å². The van der Waals surface area contributed by atoms with Crippen molar-refractivity contribution in [1.29, 1.82) is 0 Å². The Balaban J connectivity index is 1.96. The number of carbonyl (C=O) groups excluding carboxylic acids is 1. The van der Waals surface area contributed by atoms with Gasteiger partial charge in [0.2, 0.25) is 0 Å². The Morgan fingerprint density at radius 1 is 1.24 bits per heavy atom. The Bertz CT molecular complexity index is 844. The van der Waals surface area contributed by atoms with Gasteiger partial charge in [-0.15, -0.1) is 0 Å². The molecular formula is C20H19NO4. The van der Waals surface area contributed by atoms with Gasteiger partial charge in [0.1, 0.15) is 12.4 Å². The summed E-state index contributed by atoms with van der Waals surface area (Å²) in [5.41, 5.74) is 4.49. The van der Waals surface area contributed by atoms with Gasteiger partial charge in [0, 0.05) is 24.2 Å². The third-order valence-corrected chi connectivity index (χ3v) is 4.78. The van der Waals surface area contributed by atoms with Crippen LogP contribution in [0.25, 0.3) is 0 Å². The zero-order valence-corrected chi connectivity index (χ0v) is 13.9. The summed E-state index contributed by atoms with van der Waals surface area (Å²) in [6.45, 7) is 0.614. The second-order valence-electron chi connectivity index (χ2n) is 6.08. The monoisotopic (exact) mass is 337 g/mol. The van der Waals surface area contributed by atoms with Crippen molar-refractivity contribution < 1.29 is 19.4 Å². The number of methoxy groups -OCH3 is 1. The van der Waals surface area contributed by atoms with E-state index in [2.05, 4.69) is 0 Å². The van der Waals surface area contributed by atoms with Gasteiger partial charge in [-0.2, -0.15) is 0 Å². The molecule has 2 aliphatic heterocycles. The number of aliphatic hydroxyl groups excluding tert-OH is 1. The van der Waals surface area contributed by atoms with Gasteiger partial charge in [-0.3, -0.25) is 0 Å². The molecule has 0 amide bonds. The van der Waals surface area contributed by atoms with Crippen molar-refractivity contribution in [3.63, 3.8) is 0 Å². The Labute approximate surface area is 146 Å². The van der Waals surface area contributed by atoms with Crippen LogP contribution in [0.15, 0.2) is 59.8 Å². The highest BCUT2D eigenvalue weighted by Gasteiger charge is 2.41. The largest absolute Gasteiger partial charge is 0.497 e. The lowest BCUT2D eigenvalue weighted by atomic mass is 9.80. The Morgan fingerprint density at radius 2 is 2.04 bits per heavy atom. The maximum atomic E-state index is 12.5. The molecule has 0 aliphatic carbocycles. The lowest BCUT2D eigenvalue weighted by Gasteiger charge is -2.35. The molecule has 5 heteroatoms. The fraction of sp³-hybridized carbons (Fsp3) is 0.250. The predicted octanol–water partition coefficient (Wildman–Crippen LogP) is 2.45. The number of fused-ring (bicyclic) bond motifs is 1. The second-order valence-corrected chi connectivity index (χ2v) is 6.08. The highest BCUT2D eigenvalue weighted by Crippen LogP contribution is 2.47. The predicted molar refractivity (Wildman–Crippen MR) is 93.7 cm³/mol. The molecule has 2 aliphatic rings. The molecule has 1 atom stereocenters. The molecule has 0 fully saturated rings. The van der Waals surface area contributed by atoms with Crippen molar-refractivity contribution in [2.75, 3.05) is 31.8 Å². The van der Waals surface area contributed by atoms with E-state index in [1.54, 1.807) is 7.11 Å². The summed E-state index contributed by atoms with van der Waals surface area (Å²) in [6, 6.07) is 15.8. The minimum Gasteiger partial charge on any atom is -0.497 e. The molecule has 25 heavy (non-hydrogen) atoms. The number of ether oxygens (including phenoxy) is 2. The standard InChI is InChI=1S/C20H19NO4/c1-24-14-7-8-15-16(11-14)21(9-10-22)17-12-25-20(23)19(17)18(15)13-5-3-2-4-6-13/h2-8,11,18,22H,9-10,12H2,1H3. The van der Waals surface area contributed by atoms with Crippen LogP contribution in [-0.2, 0) is 9.53 Å². The van der Waals surface area contributed by atoms with Crippen molar-refractivity contribution in [1.82, 2.24) is 0 Å². The average molecular weight is 337 g/mol. The molecule has 2 heterocycles. The molecule has 0 radical (unpaired) electrons. The molecule has 128 valence electrons. The van der Waals surface area contributed by atoms with Crippen LogP contribution < -0.4 is 9.64 Å². The van der Waals surface area contributed by atoms with E-state index in [-0.39, 0.29) is 25.1 Å². The summed E-state index contributed by atoms with van der Waals surface area (Å²) in [6.07, 6.45) is 0. The van der Waals surface area contributed by atoms with E-state index in [4.69, 9.17) is 9.47 Å². The molecule has 0 saturated heterocycles. The normalized spacial score (nSPS) is 18.7. The van der Waals surface area contributed by atoms with Crippen LogP contribution in [0.1, 0.15) is 17.0 Å². The molecule has 0 aromatic heterocycles. The fourth-order valence-electron chi connectivity index (χ4n) is 3.69. The summed E-state index contributed by atoms with van der Waals surface area (Å²) >= 11 is 0. The SMILES string of the molecule is COc1ccc2c(c1)N(CCO)C1=C(C(=O)OC1)C2c1ccccc1. The number of hydrogen-bond acceptors (Lipinski definition) is 5. The fourth-order valence-corrected chi connectivity index (χ4v) is 3.69. The highest BCUT2D eigenvalue weighted by atomic mass is 16.5. The average Bonchev–Trinajstić information content (AvgIpc) is 3.03. The first kappa shape index (κ1) is 15.7. The first-order valence-corrected chi connectivity index (χ1v) is 8.26. The molecule has 0 spiro atoms. The number of esters is 1. The smallest absolute Gasteiger partial charge is 0.337 e. The summed E-state index contributed by atoms with van der Waals surface area (Å²) in [7, 11) is 1.63. The molecule has 0 bridgehead atoms. The third kappa shape index (κ3) is 2.48. The van der Waals surface area contributed by atoms with Gasteiger partial charge in [-0.05, 0) is 17.2 Å². The van der Waals surface area contributed by atoms with Crippen LogP contribution in [0.2, 0.25) is 0 Å². The summed E-state index contributed by atoms with van der Waals surface area (Å²) in [5, 5.41) is 9.52. The summed E-state index contributed by atoms with van der Waals surface area (Å²) < 4.78 is 10.7. The zero-order valence-electron chi connectivity index (χ0n) is 13.9. The minimum absolute atomic E-state index is 0.0162. The first-order valence-electron chi connectivity index (χ1n) is 8.26. The number of carbonyl (C=O) groups is 1. The molecule has 0 saturated carbocycles. The van der Waals surface area contributed by atoms with Crippen LogP contribution in [0.3, 0.4) is 0 Å². The van der Waals surface area contributed by atoms with Gasteiger partial charge in [0.15, 0.2) is 0 Å². The quantitative estimate of drug-likeness (QED) is 0.869. The van der Waals surface area contributed by atoms with Gasteiger partial charge in [0.05, 0.1) is 25.0 Å². The van der Waals surface area contributed by atoms with E-state index in [1.165, 1.54) is 0 Å². The van der Waals surface area contributed by atoms with Crippen LogP contribution in [-0.4, -0.2) is 37.9 Å². The number of cyclic esters (lactones) is 1. The highest BCUT2D eigenvalue weighted by molar-refractivity contribution is 5.97. The van der Waals surface area contributed by atoms with Gasteiger partial charge in [0.25, 0.3) is 0 Å². The van der Waals surface area contributed by atoms with Crippen molar-refractivity contribution in [3.05, 3.63) is 70.9 Å². The number of benzene rings is 2. The van der Waals surface area contributed by atoms with E-state index in [0.717, 1.165) is 28.3 Å². The third-order valence-electron chi connectivity index (χ3n) is 4.78. The number of rotatable bonds is 4. The summed E-state index contributed by atoms with van der Waals surface area (Å²) in [4.78, 5) is 14.5. The Kier molecular flexibility index (Phi) is 3.93. The lowest BCUT2D eigenvalue weighted by molar-refractivity contribution is -0.136. The van der Waals surface area contributed by atoms with Crippen molar-refractivity contribution in [2.45, 2.75) is 5.92 Å². The van der Waals surface area contributed by atoms with E-state index in [1.807, 2.05) is 53.4 Å². The van der Waals surface area contributed by atoms with Gasteiger partial charge < -0.3 is 19.5 Å². The molecule has 1 unspecified atom stereocenters. The Hall–Kier alpha value is -2.79. The zero-order chi connectivity index (χ0) is 17.4. The second kappa shape index (κ2) is 6.26. The van der Waals surface area contributed by atoms with Crippen LogP contribution in [0.5, 0.6) is 5.75 Å². The molecular weight excluding hydrogens is 318 g/mol. The molecule has 1 N–H and O–H groups in total. The van der Waals surface area contributed by atoms with Crippen molar-refractivity contribution in [2.24, 2.45) is 0 Å². The van der Waals surface area contributed by atoms with Gasteiger partial charge >= 0.3 is 5.97 Å². The van der Waals surface area contributed by atoms with E-state index >= 15 is 0 Å². The first-order chi connectivity index (χ1) is 12.2. The number of β-amino-alcohol motifs (C(OH)–C–C–N with tert-alkyl or cyclic N) is 1. The van der Waals surface area contributed by atoms with Crippen molar-refractivity contribution >= 4 is 11.7 Å². The molecule has 4 rings (SSSR count). The van der Waals surface area contributed by atoms with E-state index in [9.17, 15) is 9.90 Å². The molecule has 2 aromatic carbocycles. The maximum Gasteiger partial charge on any atom is 0.337 e. The summed E-state index contributed by atoms with van der Waals surface area (Å²) in [5.74, 6) is 0.276. The van der Waals surface area contributed by atoms with E-state index in [0.29, 0.717) is 12.1 Å². The number of aliphatic hydroxyl groups is 1. The van der Waals surface area contributed by atoms with Crippen LogP contribution >= 0.6 is 0 Å². The van der Waals surface area contributed by atoms with Gasteiger partial charge in [-0.25, -0.2) is 4.79 Å². The van der Waals surface area contributed by atoms with Crippen LogP contribution in [0.4, 0.5) is 5.69 Å². The molecule has 5 nitrogen and oxygen atoms in total. The minimum atomic E-state index is -0.284. The maximum absolute atomic E-state index is 12.5. The number of nitrogens with zero attached hydrogens (tertiary/aromatic N) is 1. The Morgan fingerprint density at radius 3 is 2.76 bits per heavy atom. The number of anilines is 1. The lowest BCUT2D eigenvalue weighted by Crippen LogP contribution is -2.33. The molecule has 2 aromatic rings. The number of hydrogen-bond donors (Lipinski definition) is 1. The van der Waals surface area contributed by atoms with Gasteiger partial charge in [-0.1, -0.05) is 36.4 Å².